The molecule has 0 unspecified atom stereocenters. The summed E-state index contributed by atoms with van der Waals surface area (Å²) < 4.78 is 1.77. The maximum atomic E-state index is 12.3. The minimum atomic E-state index is -0.0627. The second-order valence-corrected chi connectivity index (χ2v) is 7.38. The number of hydrogen-bond donors (Lipinski definition) is 1. The van der Waals surface area contributed by atoms with Crippen molar-refractivity contribution >= 4 is 22.8 Å². The van der Waals surface area contributed by atoms with Gasteiger partial charge in [-0.15, -0.1) is 0 Å². The van der Waals surface area contributed by atoms with Gasteiger partial charge >= 0.3 is 0 Å². The van der Waals surface area contributed by atoms with Crippen molar-refractivity contribution in [3.63, 3.8) is 0 Å². The highest BCUT2D eigenvalue weighted by atomic mass is 16.2. The number of aromatic nitrogens is 4. The average molecular weight is 364 g/mol. The van der Waals surface area contributed by atoms with Crippen molar-refractivity contribution in [3.05, 3.63) is 36.8 Å². The number of rotatable bonds is 4. The third-order valence-corrected chi connectivity index (χ3v) is 5.12. The van der Waals surface area contributed by atoms with Crippen molar-refractivity contribution < 1.29 is 4.79 Å². The molecule has 1 aliphatic rings. The minimum Gasteiger partial charge on any atom is -0.294 e. The first-order valence-corrected chi connectivity index (χ1v) is 9.35. The maximum absolute atomic E-state index is 12.3. The van der Waals surface area contributed by atoms with E-state index in [9.17, 15) is 4.79 Å². The zero-order valence-electron chi connectivity index (χ0n) is 15.7. The summed E-state index contributed by atoms with van der Waals surface area (Å²) >= 11 is 0. The number of hydrogen-bond acceptors (Lipinski definition) is 5. The van der Waals surface area contributed by atoms with Crippen LogP contribution in [-0.2, 0) is 11.8 Å². The molecule has 0 radical (unpaired) electrons. The van der Waals surface area contributed by atoms with E-state index in [1.807, 2.05) is 37.6 Å². The Kier molecular flexibility index (Phi) is 4.85. The fraction of sp³-hybridized carbons (Fsp3) is 0.400. The van der Waals surface area contributed by atoms with Crippen LogP contribution in [0.3, 0.4) is 0 Å². The number of piperidine rings is 1. The molecule has 1 aromatic carbocycles. The zero-order valence-corrected chi connectivity index (χ0v) is 15.7. The van der Waals surface area contributed by atoms with E-state index >= 15 is 0 Å². The average Bonchev–Trinajstić information content (AvgIpc) is 3.09. The van der Waals surface area contributed by atoms with E-state index in [1.54, 1.807) is 10.9 Å². The number of benzene rings is 1. The van der Waals surface area contributed by atoms with Crippen molar-refractivity contribution in [2.75, 3.05) is 25.0 Å². The highest BCUT2D eigenvalue weighted by Gasteiger charge is 2.18. The Labute approximate surface area is 158 Å². The summed E-state index contributed by atoms with van der Waals surface area (Å²) in [6.07, 6.45) is 7.83. The molecule has 0 spiro atoms. The molecule has 1 N–H and O–H groups in total. The molecule has 3 heterocycles. The van der Waals surface area contributed by atoms with Gasteiger partial charge in [0.15, 0.2) is 0 Å². The molecule has 1 fully saturated rings. The Morgan fingerprint density at radius 2 is 2.04 bits per heavy atom. The first-order chi connectivity index (χ1) is 13.1. The highest BCUT2D eigenvalue weighted by molar-refractivity contribution is 5.92. The quantitative estimate of drug-likeness (QED) is 0.770. The van der Waals surface area contributed by atoms with Crippen LogP contribution in [0.1, 0.15) is 19.8 Å². The second kappa shape index (κ2) is 7.44. The Balaban J connectivity index is 1.48. The Hall–Kier alpha value is -2.80. The first-order valence-electron chi connectivity index (χ1n) is 9.35. The van der Waals surface area contributed by atoms with Crippen molar-refractivity contribution in [1.82, 2.24) is 24.6 Å². The van der Waals surface area contributed by atoms with E-state index in [4.69, 9.17) is 0 Å². The van der Waals surface area contributed by atoms with Gasteiger partial charge in [0.2, 0.25) is 11.9 Å². The zero-order chi connectivity index (χ0) is 18.8. The third kappa shape index (κ3) is 4.14. The van der Waals surface area contributed by atoms with Gasteiger partial charge in [-0.1, -0.05) is 19.1 Å². The predicted octanol–water partition coefficient (Wildman–Crippen LogP) is 2.70. The van der Waals surface area contributed by atoms with E-state index in [1.165, 1.54) is 0 Å². The largest absolute Gasteiger partial charge is 0.294 e. The predicted molar refractivity (Wildman–Crippen MR) is 105 cm³/mol. The van der Waals surface area contributed by atoms with Crippen LogP contribution in [0.15, 0.2) is 36.8 Å². The van der Waals surface area contributed by atoms with Crippen LogP contribution in [-0.4, -0.2) is 50.2 Å². The van der Waals surface area contributed by atoms with Gasteiger partial charge in [-0.25, -0.2) is 9.97 Å². The molecule has 0 aliphatic carbocycles. The molecule has 27 heavy (non-hydrogen) atoms. The standard InChI is InChI=1S/C20H24N6O/c1-14-5-7-26(8-6-14)13-19(27)24-20-21-10-16-4-3-15(9-18(16)23-20)17-11-22-25(2)12-17/h3-4,9-12,14H,5-8,13H2,1-2H3,(H,21,23,24,27). The molecule has 2 aromatic heterocycles. The lowest BCUT2D eigenvalue weighted by molar-refractivity contribution is -0.117. The summed E-state index contributed by atoms with van der Waals surface area (Å²) in [5, 5.41) is 7.98. The summed E-state index contributed by atoms with van der Waals surface area (Å²) in [5.41, 5.74) is 2.87. The summed E-state index contributed by atoms with van der Waals surface area (Å²) in [6.45, 7) is 4.60. The van der Waals surface area contributed by atoms with Crippen LogP contribution >= 0.6 is 0 Å². The Bertz CT molecular complexity index is 958. The van der Waals surface area contributed by atoms with Crippen molar-refractivity contribution in [2.45, 2.75) is 19.8 Å². The fourth-order valence-electron chi connectivity index (χ4n) is 3.42. The molecular weight excluding hydrogens is 340 g/mol. The number of aryl methyl sites for hydroxylation is 1. The summed E-state index contributed by atoms with van der Waals surface area (Å²) in [4.78, 5) is 23.3. The van der Waals surface area contributed by atoms with Gasteiger partial charge in [0.25, 0.3) is 0 Å². The Morgan fingerprint density at radius 1 is 1.22 bits per heavy atom. The number of anilines is 1. The molecule has 7 nitrogen and oxygen atoms in total. The third-order valence-electron chi connectivity index (χ3n) is 5.12. The summed E-state index contributed by atoms with van der Waals surface area (Å²) in [7, 11) is 1.89. The van der Waals surface area contributed by atoms with Crippen LogP contribution in [0, 0.1) is 5.92 Å². The number of carbonyl (C=O) groups is 1. The topological polar surface area (TPSA) is 75.9 Å². The molecule has 140 valence electrons. The van der Waals surface area contributed by atoms with E-state index in [0.29, 0.717) is 12.5 Å². The molecule has 1 saturated heterocycles. The monoisotopic (exact) mass is 364 g/mol. The lowest BCUT2D eigenvalue weighted by atomic mass is 9.99. The van der Waals surface area contributed by atoms with Gasteiger partial charge in [0.05, 0.1) is 18.3 Å². The smallest absolute Gasteiger partial charge is 0.240 e. The van der Waals surface area contributed by atoms with E-state index in [0.717, 1.165) is 53.9 Å². The minimum absolute atomic E-state index is 0.0627. The summed E-state index contributed by atoms with van der Waals surface area (Å²) in [6, 6.07) is 6.01. The van der Waals surface area contributed by atoms with Gasteiger partial charge < -0.3 is 0 Å². The molecule has 7 heteroatoms. The Morgan fingerprint density at radius 3 is 2.78 bits per heavy atom. The molecule has 3 aromatic rings. The van der Waals surface area contributed by atoms with Gasteiger partial charge in [0, 0.05) is 30.4 Å². The van der Waals surface area contributed by atoms with Gasteiger partial charge in [-0.3, -0.25) is 19.7 Å². The molecule has 0 bridgehead atoms. The second-order valence-electron chi connectivity index (χ2n) is 7.38. The van der Waals surface area contributed by atoms with Crippen LogP contribution in [0.4, 0.5) is 5.95 Å². The van der Waals surface area contributed by atoms with Crippen LogP contribution in [0.2, 0.25) is 0 Å². The molecule has 1 amide bonds. The van der Waals surface area contributed by atoms with E-state index in [-0.39, 0.29) is 5.91 Å². The lowest BCUT2D eigenvalue weighted by Gasteiger charge is -2.29. The SMILES string of the molecule is CC1CCN(CC(=O)Nc2ncc3ccc(-c4cnn(C)c4)cc3n2)CC1. The van der Waals surface area contributed by atoms with E-state index in [2.05, 4.69) is 32.2 Å². The maximum Gasteiger partial charge on any atom is 0.240 e. The van der Waals surface area contributed by atoms with Crippen molar-refractivity contribution in [2.24, 2.45) is 13.0 Å². The van der Waals surface area contributed by atoms with Gasteiger partial charge in [0.1, 0.15) is 0 Å². The number of amides is 1. The summed E-state index contributed by atoms with van der Waals surface area (Å²) in [5.74, 6) is 1.04. The highest BCUT2D eigenvalue weighted by Crippen LogP contribution is 2.23. The van der Waals surface area contributed by atoms with Crippen molar-refractivity contribution in [3.8, 4) is 11.1 Å². The van der Waals surface area contributed by atoms with Crippen LogP contribution < -0.4 is 5.32 Å². The molecule has 4 rings (SSSR count). The molecule has 1 aliphatic heterocycles. The number of fused-ring (bicyclic) bond motifs is 1. The first kappa shape index (κ1) is 17.6. The molecule has 0 saturated carbocycles. The van der Waals surface area contributed by atoms with Gasteiger partial charge in [-0.05, 0) is 43.5 Å². The number of nitrogens with one attached hydrogen (secondary N) is 1. The number of nitrogens with zero attached hydrogens (tertiary/aromatic N) is 5. The fourth-order valence-corrected chi connectivity index (χ4v) is 3.42. The molecule has 0 atom stereocenters. The van der Waals surface area contributed by atoms with E-state index < -0.39 is 0 Å². The number of likely N-dealkylation sites (tertiary alicyclic amines) is 1. The lowest BCUT2D eigenvalue weighted by Crippen LogP contribution is -2.38. The van der Waals surface area contributed by atoms with Crippen LogP contribution in [0.25, 0.3) is 22.0 Å². The normalized spacial score (nSPS) is 15.9. The molecular formula is C20H24N6O. The van der Waals surface area contributed by atoms with Gasteiger partial charge in [-0.2, -0.15) is 5.10 Å². The number of carbonyl (C=O) groups excluding carboxylic acids is 1. The van der Waals surface area contributed by atoms with Crippen molar-refractivity contribution in [1.29, 1.82) is 0 Å². The van der Waals surface area contributed by atoms with Crippen LogP contribution in [0.5, 0.6) is 0 Å².